The standard InChI is InChI=1S/C14H17NO2/c1-9-6-12(9)15-14(13(16)17)7-10-4-2-3-5-11(10)8-14/h2-5,9,12,15H,6-8H2,1H3,(H,16,17). The number of carbonyl (C=O) groups is 1. The van der Waals surface area contributed by atoms with Crippen LogP contribution in [0.2, 0.25) is 0 Å². The van der Waals surface area contributed by atoms with Gasteiger partial charge in [-0.1, -0.05) is 31.2 Å². The Morgan fingerprint density at radius 3 is 2.29 bits per heavy atom. The van der Waals surface area contributed by atoms with Crippen LogP contribution in [0.25, 0.3) is 0 Å². The zero-order valence-corrected chi connectivity index (χ0v) is 9.94. The van der Waals surface area contributed by atoms with Crippen LogP contribution in [0.3, 0.4) is 0 Å². The van der Waals surface area contributed by atoms with Crippen LogP contribution in [0.5, 0.6) is 0 Å². The number of hydrogen-bond donors (Lipinski definition) is 2. The predicted molar refractivity (Wildman–Crippen MR) is 64.9 cm³/mol. The summed E-state index contributed by atoms with van der Waals surface area (Å²) in [5.41, 5.74) is 1.59. The first-order valence-corrected chi connectivity index (χ1v) is 6.19. The highest BCUT2D eigenvalue weighted by molar-refractivity contribution is 5.81. The minimum absolute atomic E-state index is 0.389. The molecule has 90 valence electrons. The molecule has 1 aromatic carbocycles. The Morgan fingerprint density at radius 1 is 1.35 bits per heavy atom. The molecule has 1 aromatic rings. The normalized spacial score (nSPS) is 28.8. The van der Waals surface area contributed by atoms with Crippen molar-refractivity contribution < 1.29 is 9.90 Å². The van der Waals surface area contributed by atoms with Crippen LogP contribution in [0.1, 0.15) is 24.5 Å². The first-order chi connectivity index (χ1) is 8.11. The van der Waals surface area contributed by atoms with E-state index >= 15 is 0 Å². The van der Waals surface area contributed by atoms with Crippen molar-refractivity contribution in [2.24, 2.45) is 5.92 Å². The van der Waals surface area contributed by atoms with Crippen molar-refractivity contribution in [3.63, 3.8) is 0 Å². The monoisotopic (exact) mass is 231 g/mol. The molecule has 0 radical (unpaired) electrons. The van der Waals surface area contributed by atoms with Crippen LogP contribution in [-0.2, 0) is 17.6 Å². The summed E-state index contributed by atoms with van der Waals surface area (Å²) in [6.45, 7) is 2.16. The third kappa shape index (κ3) is 1.75. The largest absolute Gasteiger partial charge is 0.480 e. The molecule has 1 fully saturated rings. The van der Waals surface area contributed by atoms with E-state index in [9.17, 15) is 9.90 Å². The molecule has 3 heteroatoms. The number of fused-ring (bicyclic) bond motifs is 1. The molecule has 3 rings (SSSR count). The SMILES string of the molecule is CC1CC1NC1(C(=O)O)Cc2ccccc2C1. The third-order valence-electron chi connectivity index (χ3n) is 4.08. The molecule has 0 amide bonds. The maximum absolute atomic E-state index is 11.6. The predicted octanol–water partition coefficient (Wildman–Crippen LogP) is 1.61. The molecule has 2 unspecified atom stereocenters. The second-order valence-electron chi connectivity index (χ2n) is 5.47. The van der Waals surface area contributed by atoms with Crippen LogP contribution < -0.4 is 5.32 Å². The zero-order valence-electron chi connectivity index (χ0n) is 9.94. The minimum atomic E-state index is -0.765. The lowest BCUT2D eigenvalue weighted by molar-refractivity contribution is -0.144. The van der Waals surface area contributed by atoms with Crippen LogP contribution >= 0.6 is 0 Å². The number of rotatable bonds is 3. The summed E-state index contributed by atoms with van der Waals surface area (Å²) < 4.78 is 0. The Hall–Kier alpha value is -1.35. The highest BCUT2D eigenvalue weighted by Crippen LogP contribution is 2.36. The Balaban J connectivity index is 1.87. The van der Waals surface area contributed by atoms with Crippen molar-refractivity contribution in [3.8, 4) is 0 Å². The van der Waals surface area contributed by atoms with E-state index in [0.717, 1.165) is 6.42 Å². The van der Waals surface area contributed by atoms with E-state index in [1.807, 2.05) is 24.3 Å². The summed E-state index contributed by atoms with van der Waals surface area (Å²) in [4.78, 5) is 11.6. The number of hydrogen-bond acceptors (Lipinski definition) is 2. The highest BCUT2D eigenvalue weighted by atomic mass is 16.4. The minimum Gasteiger partial charge on any atom is -0.480 e. The molecule has 2 aliphatic carbocycles. The van der Waals surface area contributed by atoms with Gasteiger partial charge in [0.2, 0.25) is 0 Å². The lowest BCUT2D eigenvalue weighted by Gasteiger charge is -2.25. The second-order valence-corrected chi connectivity index (χ2v) is 5.47. The Morgan fingerprint density at radius 2 is 1.88 bits per heavy atom. The smallest absolute Gasteiger partial charge is 0.324 e. The average Bonchev–Trinajstić information content (AvgIpc) is 2.84. The summed E-state index contributed by atoms with van der Waals surface area (Å²) in [6.07, 6.45) is 2.33. The van der Waals surface area contributed by atoms with Gasteiger partial charge in [0.05, 0.1) is 0 Å². The third-order valence-corrected chi connectivity index (χ3v) is 4.08. The van der Waals surface area contributed by atoms with E-state index in [2.05, 4.69) is 12.2 Å². The number of aliphatic carboxylic acids is 1. The van der Waals surface area contributed by atoms with Gasteiger partial charge in [0.1, 0.15) is 5.54 Å². The summed E-state index contributed by atoms with van der Waals surface area (Å²) in [7, 11) is 0. The van der Waals surface area contributed by atoms with Gasteiger partial charge >= 0.3 is 5.97 Å². The maximum atomic E-state index is 11.6. The van der Waals surface area contributed by atoms with Crippen LogP contribution in [0.15, 0.2) is 24.3 Å². The molecule has 2 atom stereocenters. The van der Waals surface area contributed by atoms with E-state index in [1.165, 1.54) is 11.1 Å². The van der Waals surface area contributed by atoms with Crippen molar-refractivity contribution in [3.05, 3.63) is 35.4 Å². The second kappa shape index (κ2) is 3.57. The highest BCUT2D eigenvalue weighted by Gasteiger charge is 2.48. The van der Waals surface area contributed by atoms with Gasteiger partial charge in [-0.2, -0.15) is 0 Å². The van der Waals surface area contributed by atoms with E-state index in [1.54, 1.807) is 0 Å². The Labute approximate surface area is 101 Å². The number of carboxylic acid groups (broad SMARTS) is 1. The van der Waals surface area contributed by atoms with Crippen molar-refractivity contribution in [1.29, 1.82) is 0 Å². The molecule has 0 bridgehead atoms. The molecule has 2 N–H and O–H groups in total. The molecule has 17 heavy (non-hydrogen) atoms. The fourth-order valence-corrected chi connectivity index (χ4v) is 2.81. The maximum Gasteiger partial charge on any atom is 0.324 e. The molecule has 0 saturated heterocycles. The van der Waals surface area contributed by atoms with Crippen molar-refractivity contribution in [1.82, 2.24) is 5.32 Å². The van der Waals surface area contributed by atoms with Gasteiger partial charge in [-0.05, 0) is 23.5 Å². The number of nitrogens with one attached hydrogen (secondary N) is 1. The average molecular weight is 231 g/mol. The first kappa shape index (κ1) is 10.8. The van der Waals surface area contributed by atoms with Crippen molar-refractivity contribution >= 4 is 5.97 Å². The summed E-state index contributed by atoms with van der Waals surface area (Å²) >= 11 is 0. The van der Waals surface area contributed by atoms with E-state index < -0.39 is 11.5 Å². The van der Waals surface area contributed by atoms with Crippen LogP contribution in [-0.4, -0.2) is 22.7 Å². The zero-order chi connectivity index (χ0) is 12.0. The van der Waals surface area contributed by atoms with Crippen LogP contribution in [0.4, 0.5) is 0 Å². The molecule has 0 heterocycles. The summed E-state index contributed by atoms with van der Waals surface area (Å²) in [6, 6.07) is 8.43. The van der Waals surface area contributed by atoms with Gasteiger partial charge in [-0.15, -0.1) is 0 Å². The van der Waals surface area contributed by atoms with E-state index in [-0.39, 0.29) is 0 Å². The topological polar surface area (TPSA) is 49.3 Å². The molecule has 2 aliphatic rings. The van der Waals surface area contributed by atoms with Crippen molar-refractivity contribution in [2.45, 2.75) is 37.8 Å². The molecule has 0 aromatic heterocycles. The lowest BCUT2D eigenvalue weighted by atomic mass is 9.95. The van der Waals surface area contributed by atoms with Gasteiger partial charge in [0.25, 0.3) is 0 Å². The molecule has 0 spiro atoms. The van der Waals surface area contributed by atoms with Gasteiger partial charge in [0.15, 0.2) is 0 Å². The van der Waals surface area contributed by atoms with Gasteiger partial charge in [-0.25, -0.2) is 0 Å². The van der Waals surface area contributed by atoms with E-state index in [0.29, 0.717) is 24.8 Å². The first-order valence-electron chi connectivity index (χ1n) is 6.19. The molecule has 1 saturated carbocycles. The van der Waals surface area contributed by atoms with Crippen molar-refractivity contribution in [2.75, 3.05) is 0 Å². The quantitative estimate of drug-likeness (QED) is 0.831. The summed E-state index contributed by atoms with van der Waals surface area (Å²) in [5, 5.41) is 12.9. The van der Waals surface area contributed by atoms with E-state index in [4.69, 9.17) is 0 Å². The van der Waals surface area contributed by atoms with Gasteiger partial charge < -0.3 is 5.11 Å². The molecule has 3 nitrogen and oxygen atoms in total. The Bertz CT molecular complexity index is 444. The molecular formula is C14H17NO2. The fraction of sp³-hybridized carbons (Fsp3) is 0.500. The number of benzene rings is 1. The lowest BCUT2D eigenvalue weighted by Crippen LogP contribution is -2.54. The van der Waals surface area contributed by atoms with Gasteiger partial charge in [0, 0.05) is 18.9 Å². The molecular weight excluding hydrogens is 214 g/mol. The van der Waals surface area contributed by atoms with Crippen LogP contribution in [0, 0.1) is 5.92 Å². The molecule has 0 aliphatic heterocycles. The van der Waals surface area contributed by atoms with Gasteiger partial charge in [-0.3, -0.25) is 10.1 Å². The summed E-state index contributed by atoms with van der Waals surface area (Å²) in [5.74, 6) is -0.0947. The number of carboxylic acids is 1. The fourth-order valence-electron chi connectivity index (χ4n) is 2.81. The Kier molecular flexibility index (Phi) is 2.26.